The molecule has 0 saturated carbocycles. The Kier molecular flexibility index (Phi) is 7.06. The second kappa shape index (κ2) is 9.04. The van der Waals surface area contributed by atoms with Crippen molar-refractivity contribution in [2.24, 2.45) is 0 Å². The molecule has 0 bridgehead atoms. The van der Waals surface area contributed by atoms with Crippen LogP contribution in [0.15, 0.2) is 48.5 Å². The summed E-state index contributed by atoms with van der Waals surface area (Å²) >= 11 is 5.83. The molecule has 3 rings (SSSR count). The molecule has 1 amide bonds. The summed E-state index contributed by atoms with van der Waals surface area (Å²) in [6.07, 6.45) is 0. The van der Waals surface area contributed by atoms with Crippen LogP contribution in [-0.4, -0.2) is 37.1 Å². The van der Waals surface area contributed by atoms with Crippen LogP contribution in [0.5, 0.6) is 0 Å². The van der Waals surface area contributed by atoms with E-state index in [4.69, 9.17) is 16.3 Å². The Morgan fingerprint density at radius 2 is 1.67 bits per heavy atom. The van der Waals surface area contributed by atoms with E-state index in [1.165, 1.54) is 5.56 Å². The van der Waals surface area contributed by atoms with E-state index >= 15 is 0 Å². The normalized spacial score (nSPS) is 14.7. The van der Waals surface area contributed by atoms with Gasteiger partial charge in [-0.1, -0.05) is 23.7 Å². The summed E-state index contributed by atoms with van der Waals surface area (Å²) in [7, 11) is 0. The van der Waals surface area contributed by atoms with E-state index in [2.05, 4.69) is 10.2 Å². The van der Waals surface area contributed by atoms with E-state index < -0.39 is 0 Å². The van der Waals surface area contributed by atoms with E-state index in [1.54, 1.807) is 24.3 Å². The lowest BCUT2D eigenvalue weighted by Gasteiger charge is -2.26. The average molecular weight is 367 g/mol. The summed E-state index contributed by atoms with van der Waals surface area (Å²) in [6, 6.07) is 14.8. The predicted molar refractivity (Wildman–Crippen MR) is 99.2 cm³/mol. The number of benzene rings is 2. The van der Waals surface area contributed by atoms with Crippen LogP contribution in [0.4, 0.5) is 5.69 Å². The van der Waals surface area contributed by atoms with E-state index in [1.807, 2.05) is 24.3 Å². The number of ether oxygens (including phenoxy) is 1. The number of halogens is 2. The first kappa shape index (κ1) is 18.7. The molecule has 1 aliphatic rings. The molecule has 24 heavy (non-hydrogen) atoms. The Hall–Kier alpha value is -1.59. The molecule has 0 atom stereocenters. The number of carbonyl (C=O) groups excluding carboxylic acids is 1. The fraction of sp³-hybridized carbons (Fsp3) is 0.278. The summed E-state index contributed by atoms with van der Waals surface area (Å²) in [5, 5.41) is 3.51. The monoisotopic (exact) mass is 366 g/mol. The molecule has 4 nitrogen and oxygen atoms in total. The highest BCUT2D eigenvalue weighted by molar-refractivity contribution is 6.30. The van der Waals surface area contributed by atoms with Gasteiger partial charge in [0.15, 0.2) is 0 Å². The number of nitrogens with one attached hydrogen (secondary N) is 1. The molecule has 1 fully saturated rings. The fourth-order valence-corrected chi connectivity index (χ4v) is 2.64. The van der Waals surface area contributed by atoms with Gasteiger partial charge in [-0.2, -0.15) is 0 Å². The number of rotatable bonds is 4. The molecular formula is C18H20Cl2N2O2. The van der Waals surface area contributed by atoms with Crippen molar-refractivity contribution in [3.8, 4) is 0 Å². The molecule has 1 heterocycles. The fourth-order valence-electron chi connectivity index (χ4n) is 2.52. The predicted octanol–water partition coefficient (Wildman–Crippen LogP) is 3.85. The van der Waals surface area contributed by atoms with Crippen molar-refractivity contribution in [1.82, 2.24) is 4.90 Å². The van der Waals surface area contributed by atoms with Crippen molar-refractivity contribution in [3.63, 3.8) is 0 Å². The maximum Gasteiger partial charge on any atom is 0.255 e. The zero-order valence-electron chi connectivity index (χ0n) is 13.2. The highest BCUT2D eigenvalue weighted by atomic mass is 35.5. The van der Waals surface area contributed by atoms with Gasteiger partial charge in [0.05, 0.1) is 13.2 Å². The molecule has 6 heteroatoms. The van der Waals surface area contributed by atoms with Crippen LogP contribution in [-0.2, 0) is 11.3 Å². The smallest absolute Gasteiger partial charge is 0.255 e. The molecule has 1 aliphatic heterocycles. The molecule has 0 spiro atoms. The van der Waals surface area contributed by atoms with Gasteiger partial charge in [-0.15, -0.1) is 12.4 Å². The van der Waals surface area contributed by atoms with Gasteiger partial charge in [0.2, 0.25) is 0 Å². The maximum absolute atomic E-state index is 12.2. The molecular weight excluding hydrogens is 347 g/mol. The minimum absolute atomic E-state index is 0. The van der Waals surface area contributed by atoms with Gasteiger partial charge in [0.25, 0.3) is 5.91 Å². The molecule has 128 valence electrons. The molecule has 2 aromatic rings. The minimum Gasteiger partial charge on any atom is -0.379 e. The van der Waals surface area contributed by atoms with Crippen molar-refractivity contribution in [2.75, 3.05) is 31.6 Å². The quantitative estimate of drug-likeness (QED) is 0.893. The third-order valence-corrected chi connectivity index (χ3v) is 4.08. The van der Waals surface area contributed by atoms with E-state index in [0.29, 0.717) is 10.6 Å². The molecule has 0 aliphatic carbocycles. The number of hydrogen-bond acceptors (Lipinski definition) is 3. The third-order valence-electron chi connectivity index (χ3n) is 3.83. The standard InChI is InChI=1S/C18H19ClN2O2.ClH/c19-16-5-3-15(4-6-16)18(22)20-17-7-1-14(2-8-17)13-21-9-11-23-12-10-21;/h1-8H,9-13H2,(H,20,22);1H. The Morgan fingerprint density at radius 3 is 2.29 bits per heavy atom. The SMILES string of the molecule is Cl.O=C(Nc1ccc(CN2CCOCC2)cc1)c1ccc(Cl)cc1. The van der Waals surface area contributed by atoms with Crippen LogP contribution in [0, 0.1) is 0 Å². The van der Waals surface area contributed by atoms with Gasteiger partial charge in [-0.25, -0.2) is 0 Å². The van der Waals surface area contributed by atoms with Gasteiger partial charge < -0.3 is 10.1 Å². The number of nitrogens with zero attached hydrogens (tertiary/aromatic N) is 1. The first-order valence-electron chi connectivity index (χ1n) is 7.67. The third kappa shape index (κ3) is 5.21. The molecule has 1 N–H and O–H groups in total. The van der Waals surface area contributed by atoms with E-state index in [-0.39, 0.29) is 18.3 Å². The van der Waals surface area contributed by atoms with E-state index in [9.17, 15) is 4.79 Å². The number of anilines is 1. The van der Waals surface area contributed by atoms with Crippen molar-refractivity contribution >= 4 is 35.6 Å². The largest absolute Gasteiger partial charge is 0.379 e. The molecule has 0 aromatic heterocycles. The van der Waals surface area contributed by atoms with Gasteiger partial charge in [0, 0.05) is 35.9 Å². The minimum atomic E-state index is -0.136. The summed E-state index contributed by atoms with van der Waals surface area (Å²) in [5.74, 6) is -0.136. The summed E-state index contributed by atoms with van der Waals surface area (Å²) in [5.41, 5.74) is 2.61. The topological polar surface area (TPSA) is 41.6 Å². The summed E-state index contributed by atoms with van der Waals surface area (Å²) in [6.45, 7) is 4.45. The van der Waals surface area contributed by atoms with Crippen molar-refractivity contribution in [2.45, 2.75) is 6.54 Å². The summed E-state index contributed by atoms with van der Waals surface area (Å²) < 4.78 is 5.35. The highest BCUT2D eigenvalue weighted by Crippen LogP contribution is 2.15. The number of carbonyl (C=O) groups is 1. The van der Waals surface area contributed by atoms with Crippen LogP contribution in [0.25, 0.3) is 0 Å². The summed E-state index contributed by atoms with van der Waals surface area (Å²) in [4.78, 5) is 14.5. The van der Waals surface area contributed by atoms with Crippen molar-refractivity contribution < 1.29 is 9.53 Å². The Morgan fingerprint density at radius 1 is 1.04 bits per heavy atom. The molecule has 0 unspecified atom stereocenters. The maximum atomic E-state index is 12.2. The van der Waals surface area contributed by atoms with Crippen molar-refractivity contribution in [1.29, 1.82) is 0 Å². The first-order valence-corrected chi connectivity index (χ1v) is 8.04. The van der Waals surface area contributed by atoms with Crippen LogP contribution in [0.1, 0.15) is 15.9 Å². The van der Waals surface area contributed by atoms with Crippen LogP contribution >= 0.6 is 24.0 Å². The number of morpholine rings is 1. The highest BCUT2D eigenvalue weighted by Gasteiger charge is 2.11. The van der Waals surface area contributed by atoms with E-state index in [0.717, 1.165) is 38.5 Å². The lowest BCUT2D eigenvalue weighted by molar-refractivity contribution is 0.0342. The number of amides is 1. The zero-order chi connectivity index (χ0) is 16.1. The zero-order valence-corrected chi connectivity index (χ0v) is 14.8. The van der Waals surface area contributed by atoms with Gasteiger partial charge in [-0.05, 0) is 42.0 Å². The second-order valence-corrected chi connectivity index (χ2v) is 5.98. The van der Waals surface area contributed by atoms with Gasteiger partial charge >= 0.3 is 0 Å². The number of hydrogen-bond donors (Lipinski definition) is 1. The molecule has 1 saturated heterocycles. The average Bonchev–Trinajstić information content (AvgIpc) is 2.58. The Bertz CT molecular complexity index is 654. The van der Waals surface area contributed by atoms with Crippen LogP contribution < -0.4 is 5.32 Å². The molecule has 2 aromatic carbocycles. The van der Waals surface area contributed by atoms with Gasteiger partial charge in [0.1, 0.15) is 0 Å². The van der Waals surface area contributed by atoms with Crippen LogP contribution in [0.2, 0.25) is 5.02 Å². The second-order valence-electron chi connectivity index (χ2n) is 5.55. The van der Waals surface area contributed by atoms with Gasteiger partial charge in [-0.3, -0.25) is 9.69 Å². The lowest BCUT2D eigenvalue weighted by atomic mass is 10.1. The van der Waals surface area contributed by atoms with Crippen LogP contribution in [0.3, 0.4) is 0 Å². The first-order chi connectivity index (χ1) is 11.2. The Balaban J connectivity index is 0.00000208. The van der Waals surface area contributed by atoms with Crippen molar-refractivity contribution in [3.05, 3.63) is 64.7 Å². The Labute approximate surface area is 153 Å². The molecule has 0 radical (unpaired) electrons. The lowest BCUT2D eigenvalue weighted by Crippen LogP contribution is -2.35.